The summed E-state index contributed by atoms with van der Waals surface area (Å²) in [6.45, 7) is 5.88. The number of benzene rings is 2. The molecule has 0 saturated heterocycles. The Morgan fingerprint density at radius 1 is 1.04 bits per heavy atom. The second-order valence-electron chi connectivity index (χ2n) is 5.49. The summed E-state index contributed by atoms with van der Waals surface area (Å²) in [6.07, 6.45) is 0. The first kappa shape index (κ1) is 17.7. The van der Waals surface area contributed by atoms with Crippen molar-refractivity contribution in [3.05, 3.63) is 72.3 Å². The molecule has 6 heteroatoms. The van der Waals surface area contributed by atoms with Gasteiger partial charge in [0.2, 0.25) is 0 Å². The van der Waals surface area contributed by atoms with Crippen LogP contribution < -0.4 is 10.6 Å². The average Bonchev–Trinajstić information content (AvgIpc) is 2.55. The van der Waals surface area contributed by atoms with Gasteiger partial charge < -0.3 is 10.6 Å². The zero-order chi connectivity index (χ0) is 17.6. The van der Waals surface area contributed by atoms with Crippen LogP contribution >= 0.6 is 0 Å². The Morgan fingerprint density at radius 2 is 1.67 bits per heavy atom. The maximum absolute atomic E-state index is 12.5. The lowest BCUT2D eigenvalue weighted by atomic mass is 10.2. The first-order valence-corrected chi connectivity index (χ1v) is 9.08. The SMILES string of the molecule is C=C(C)CNC(=O)Nc1ccccc1CS(=O)(=O)c1ccccc1. The molecule has 2 aromatic rings. The number of urea groups is 1. The number of carbonyl (C=O) groups excluding carboxylic acids is 1. The molecule has 0 bridgehead atoms. The number of nitrogens with one attached hydrogen (secondary N) is 2. The molecule has 2 rings (SSSR count). The van der Waals surface area contributed by atoms with Gasteiger partial charge in [-0.05, 0) is 30.7 Å². The Balaban J connectivity index is 2.17. The van der Waals surface area contributed by atoms with E-state index >= 15 is 0 Å². The van der Waals surface area contributed by atoms with Gasteiger partial charge in [0.05, 0.1) is 10.6 Å². The van der Waals surface area contributed by atoms with Crippen molar-refractivity contribution in [1.29, 1.82) is 0 Å². The number of hydrogen-bond acceptors (Lipinski definition) is 3. The molecule has 0 aliphatic rings. The minimum atomic E-state index is -3.48. The molecule has 2 N–H and O–H groups in total. The van der Waals surface area contributed by atoms with Gasteiger partial charge >= 0.3 is 6.03 Å². The van der Waals surface area contributed by atoms with Crippen molar-refractivity contribution in [2.75, 3.05) is 11.9 Å². The molecule has 0 saturated carbocycles. The smallest absolute Gasteiger partial charge is 0.319 e. The largest absolute Gasteiger partial charge is 0.334 e. The standard InChI is InChI=1S/C18H20N2O3S/c1-14(2)12-19-18(21)20-17-11-7-6-8-15(17)13-24(22,23)16-9-4-3-5-10-16/h3-11H,1,12-13H2,2H3,(H2,19,20,21). The molecule has 2 aromatic carbocycles. The molecule has 0 aliphatic carbocycles. The lowest BCUT2D eigenvalue weighted by Crippen LogP contribution is -2.30. The molecule has 2 amide bonds. The van der Waals surface area contributed by atoms with Crippen molar-refractivity contribution in [2.24, 2.45) is 0 Å². The Hall–Kier alpha value is -2.60. The average molecular weight is 344 g/mol. The summed E-state index contributed by atoms with van der Waals surface area (Å²) < 4.78 is 25.0. The third kappa shape index (κ3) is 4.96. The van der Waals surface area contributed by atoms with E-state index in [9.17, 15) is 13.2 Å². The Labute approximate surface area is 142 Å². The van der Waals surface area contributed by atoms with Gasteiger partial charge in [-0.3, -0.25) is 0 Å². The quantitative estimate of drug-likeness (QED) is 0.789. The predicted octanol–water partition coefficient (Wildman–Crippen LogP) is 3.36. The number of rotatable bonds is 6. The minimum Gasteiger partial charge on any atom is -0.334 e. The molecule has 0 aliphatic heterocycles. The number of amides is 2. The number of sulfone groups is 1. The number of para-hydroxylation sites is 1. The second-order valence-corrected chi connectivity index (χ2v) is 7.48. The van der Waals surface area contributed by atoms with E-state index in [2.05, 4.69) is 17.2 Å². The summed E-state index contributed by atoms with van der Waals surface area (Å²) in [5.74, 6) is -0.187. The molecule has 24 heavy (non-hydrogen) atoms. The third-order valence-corrected chi connectivity index (χ3v) is 4.95. The Kier molecular flexibility index (Phi) is 5.76. The van der Waals surface area contributed by atoms with E-state index in [-0.39, 0.29) is 10.6 Å². The molecule has 0 spiro atoms. The zero-order valence-electron chi connectivity index (χ0n) is 13.5. The van der Waals surface area contributed by atoms with Gasteiger partial charge in [-0.15, -0.1) is 0 Å². The van der Waals surface area contributed by atoms with Gasteiger partial charge in [0.15, 0.2) is 9.84 Å². The highest BCUT2D eigenvalue weighted by molar-refractivity contribution is 7.90. The summed E-state index contributed by atoms with van der Waals surface area (Å²) in [7, 11) is -3.48. The topological polar surface area (TPSA) is 75.3 Å². The van der Waals surface area contributed by atoms with Crippen molar-refractivity contribution in [2.45, 2.75) is 17.6 Å². The van der Waals surface area contributed by atoms with Crippen LogP contribution in [0.1, 0.15) is 12.5 Å². The molecule has 0 atom stereocenters. The summed E-state index contributed by atoms with van der Waals surface area (Å²) in [4.78, 5) is 12.1. The molecular formula is C18H20N2O3S. The predicted molar refractivity (Wildman–Crippen MR) is 95.6 cm³/mol. The fraction of sp³-hybridized carbons (Fsp3) is 0.167. The lowest BCUT2D eigenvalue weighted by Gasteiger charge is -2.12. The van der Waals surface area contributed by atoms with E-state index < -0.39 is 15.9 Å². The molecule has 0 unspecified atom stereocenters. The Morgan fingerprint density at radius 3 is 2.33 bits per heavy atom. The van der Waals surface area contributed by atoms with Crippen molar-refractivity contribution < 1.29 is 13.2 Å². The molecule has 0 fully saturated rings. The van der Waals surface area contributed by atoms with E-state index in [1.807, 2.05) is 0 Å². The molecule has 126 valence electrons. The van der Waals surface area contributed by atoms with Crippen molar-refractivity contribution in [3.63, 3.8) is 0 Å². The van der Waals surface area contributed by atoms with Gasteiger partial charge in [0, 0.05) is 12.2 Å². The van der Waals surface area contributed by atoms with Crippen molar-refractivity contribution >= 4 is 21.6 Å². The highest BCUT2D eigenvalue weighted by atomic mass is 32.2. The summed E-state index contributed by atoms with van der Waals surface area (Å²) in [5, 5.41) is 5.34. The molecule has 0 radical (unpaired) electrons. The Bertz CT molecular complexity index is 830. The summed E-state index contributed by atoms with van der Waals surface area (Å²) in [5.41, 5.74) is 1.83. The summed E-state index contributed by atoms with van der Waals surface area (Å²) in [6, 6.07) is 14.7. The van der Waals surface area contributed by atoms with E-state index in [4.69, 9.17) is 0 Å². The molecule has 0 heterocycles. The van der Waals surface area contributed by atoms with Gasteiger partial charge in [-0.1, -0.05) is 48.6 Å². The lowest BCUT2D eigenvalue weighted by molar-refractivity contribution is 0.253. The molecular weight excluding hydrogens is 324 g/mol. The highest BCUT2D eigenvalue weighted by Gasteiger charge is 2.17. The van der Waals surface area contributed by atoms with Gasteiger partial charge in [-0.2, -0.15) is 0 Å². The van der Waals surface area contributed by atoms with E-state index in [1.165, 1.54) is 0 Å². The fourth-order valence-electron chi connectivity index (χ4n) is 2.08. The first-order valence-electron chi connectivity index (χ1n) is 7.43. The fourth-order valence-corrected chi connectivity index (χ4v) is 3.48. The van der Waals surface area contributed by atoms with Crippen molar-refractivity contribution in [3.8, 4) is 0 Å². The number of carbonyl (C=O) groups is 1. The third-order valence-electron chi connectivity index (χ3n) is 3.26. The van der Waals surface area contributed by atoms with Crippen LogP contribution in [-0.4, -0.2) is 21.0 Å². The van der Waals surface area contributed by atoms with Gasteiger partial charge in [0.1, 0.15) is 0 Å². The molecule has 0 aromatic heterocycles. The van der Waals surface area contributed by atoms with Crippen LogP contribution in [0.25, 0.3) is 0 Å². The van der Waals surface area contributed by atoms with Crippen LogP contribution in [0.5, 0.6) is 0 Å². The highest BCUT2D eigenvalue weighted by Crippen LogP contribution is 2.22. The summed E-state index contributed by atoms with van der Waals surface area (Å²) >= 11 is 0. The van der Waals surface area contributed by atoms with Crippen LogP contribution in [0, 0.1) is 0 Å². The number of anilines is 1. The first-order chi connectivity index (χ1) is 11.4. The van der Waals surface area contributed by atoms with E-state index in [1.54, 1.807) is 61.5 Å². The van der Waals surface area contributed by atoms with E-state index in [0.717, 1.165) is 5.57 Å². The second kappa shape index (κ2) is 7.79. The minimum absolute atomic E-state index is 0.187. The van der Waals surface area contributed by atoms with Gasteiger partial charge in [-0.25, -0.2) is 13.2 Å². The monoisotopic (exact) mass is 344 g/mol. The van der Waals surface area contributed by atoms with Crippen LogP contribution in [0.3, 0.4) is 0 Å². The number of hydrogen-bond donors (Lipinski definition) is 2. The van der Waals surface area contributed by atoms with Crippen LogP contribution in [0.2, 0.25) is 0 Å². The maximum Gasteiger partial charge on any atom is 0.319 e. The molecule has 5 nitrogen and oxygen atoms in total. The van der Waals surface area contributed by atoms with Crippen LogP contribution in [0.15, 0.2) is 71.6 Å². The normalized spacial score (nSPS) is 10.9. The van der Waals surface area contributed by atoms with Crippen LogP contribution in [0.4, 0.5) is 10.5 Å². The van der Waals surface area contributed by atoms with Crippen molar-refractivity contribution in [1.82, 2.24) is 5.32 Å². The maximum atomic E-state index is 12.5. The zero-order valence-corrected chi connectivity index (χ0v) is 14.3. The van der Waals surface area contributed by atoms with Crippen LogP contribution in [-0.2, 0) is 15.6 Å². The van der Waals surface area contributed by atoms with Gasteiger partial charge in [0.25, 0.3) is 0 Å². The van der Waals surface area contributed by atoms with E-state index in [0.29, 0.717) is 17.8 Å².